The van der Waals surface area contributed by atoms with Gasteiger partial charge in [0.1, 0.15) is 0 Å². The number of ether oxygens (including phenoxy) is 1. The minimum Gasteiger partial charge on any atom is -0.455 e. The molecule has 1 atom stereocenters. The van der Waals surface area contributed by atoms with Crippen LogP contribution in [0.2, 0.25) is 10.0 Å². The Hall–Kier alpha value is -2.57. The summed E-state index contributed by atoms with van der Waals surface area (Å²) < 4.78 is 5.06. The Labute approximate surface area is 166 Å². The number of anilines is 2. The van der Waals surface area contributed by atoms with E-state index in [1.165, 1.54) is 4.90 Å². The smallest absolute Gasteiger partial charge is 0.311 e. The predicted octanol–water partition coefficient (Wildman–Crippen LogP) is 3.53. The molecule has 0 radical (unpaired) electrons. The van der Waals surface area contributed by atoms with Gasteiger partial charge in [-0.1, -0.05) is 41.4 Å². The molecule has 2 aromatic carbocycles. The zero-order valence-electron chi connectivity index (χ0n) is 14.2. The minimum absolute atomic E-state index is 0.0119. The highest BCUT2D eigenvalue weighted by molar-refractivity contribution is 6.35. The van der Waals surface area contributed by atoms with Crippen molar-refractivity contribution < 1.29 is 19.1 Å². The molecule has 6 nitrogen and oxygen atoms in total. The molecule has 3 rings (SSSR count). The topological polar surface area (TPSA) is 75.7 Å². The Morgan fingerprint density at radius 3 is 2.63 bits per heavy atom. The van der Waals surface area contributed by atoms with E-state index in [-0.39, 0.29) is 18.9 Å². The van der Waals surface area contributed by atoms with Gasteiger partial charge in [-0.3, -0.25) is 14.4 Å². The summed E-state index contributed by atoms with van der Waals surface area (Å²) in [6.07, 6.45) is -0.0119. The molecule has 1 saturated heterocycles. The Bertz CT molecular complexity index is 873. The van der Waals surface area contributed by atoms with Crippen molar-refractivity contribution >= 4 is 52.4 Å². The standard InChI is InChI=1S/C19H16Cl2N2O4/c20-13-6-7-15(21)16(9-13)23-10-12(8-18(23)25)19(26)27-11-17(24)22-14-4-2-1-3-5-14/h1-7,9,12H,8,10-11H2,(H,22,24)/t12-/m0/s1. The molecule has 0 bridgehead atoms. The molecule has 0 unspecified atom stereocenters. The van der Waals surface area contributed by atoms with Crippen molar-refractivity contribution in [1.82, 2.24) is 0 Å². The number of para-hydroxylation sites is 1. The third-order valence-corrected chi connectivity index (χ3v) is 4.62. The second-order valence-corrected chi connectivity index (χ2v) is 6.87. The number of nitrogens with one attached hydrogen (secondary N) is 1. The fraction of sp³-hybridized carbons (Fsp3) is 0.211. The first-order valence-corrected chi connectivity index (χ1v) is 8.96. The molecule has 0 aliphatic carbocycles. The van der Waals surface area contributed by atoms with E-state index < -0.39 is 24.4 Å². The largest absolute Gasteiger partial charge is 0.455 e. The van der Waals surface area contributed by atoms with Gasteiger partial charge in [0.2, 0.25) is 5.91 Å². The Balaban J connectivity index is 1.56. The highest BCUT2D eigenvalue weighted by Gasteiger charge is 2.37. The van der Waals surface area contributed by atoms with Crippen LogP contribution >= 0.6 is 23.2 Å². The molecule has 8 heteroatoms. The highest BCUT2D eigenvalue weighted by Crippen LogP contribution is 2.33. The van der Waals surface area contributed by atoms with E-state index in [0.29, 0.717) is 21.4 Å². The molecule has 1 fully saturated rings. The van der Waals surface area contributed by atoms with Crippen LogP contribution < -0.4 is 10.2 Å². The number of amides is 2. The molecule has 140 valence electrons. The molecule has 1 aliphatic heterocycles. The zero-order chi connectivity index (χ0) is 19.4. The summed E-state index contributed by atoms with van der Waals surface area (Å²) in [6.45, 7) is -0.297. The van der Waals surface area contributed by atoms with Gasteiger partial charge < -0.3 is 15.0 Å². The van der Waals surface area contributed by atoms with Crippen LogP contribution in [0.1, 0.15) is 6.42 Å². The van der Waals surface area contributed by atoms with Crippen LogP contribution in [0, 0.1) is 5.92 Å². The van der Waals surface area contributed by atoms with Crippen LogP contribution in [0.5, 0.6) is 0 Å². The second kappa shape index (κ2) is 8.41. The number of hydrogen-bond acceptors (Lipinski definition) is 4. The number of esters is 1. The van der Waals surface area contributed by atoms with Gasteiger partial charge in [-0.25, -0.2) is 0 Å². The fourth-order valence-corrected chi connectivity index (χ4v) is 3.15. The molecule has 27 heavy (non-hydrogen) atoms. The SMILES string of the molecule is O=C(COC(=O)[C@H]1CC(=O)N(c2cc(Cl)ccc2Cl)C1)Nc1ccccc1. The van der Waals surface area contributed by atoms with Gasteiger partial charge in [0.25, 0.3) is 5.91 Å². The fourth-order valence-electron chi connectivity index (χ4n) is 2.76. The molecule has 1 heterocycles. The molecule has 0 aromatic heterocycles. The summed E-state index contributed by atoms with van der Waals surface area (Å²) in [5.41, 5.74) is 1.06. The van der Waals surface area contributed by atoms with Crippen LogP contribution in [-0.2, 0) is 19.1 Å². The van der Waals surface area contributed by atoms with Crippen LogP contribution in [0.15, 0.2) is 48.5 Å². The Kier molecular flexibility index (Phi) is 5.98. The van der Waals surface area contributed by atoms with Crippen molar-refractivity contribution in [3.63, 3.8) is 0 Å². The number of nitrogens with zero attached hydrogens (tertiary/aromatic N) is 1. The first kappa shape index (κ1) is 19.2. The van der Waals surface area contributed by atoms with Crippen molar-refractivity contribution in [3.05, 3.63) is 58.6 Å². The van der Waals surface area contributed by atoms with Gasteiger partial charge in [-0.05, 0) is 30.3 Å². The summed E-state index contributed by atoms with van der Waals surface area (Å²) >= 11 is 12.1. The Morgan fingerprint density at radius 2 is 1.89 bits per heavy atom. The lowest BCUT2D eigenvalue weighted by atomic mass is 10.1. The number of carbonyl (C=O) groups excluding carboxylic acids is 3. The van der Waals surface area contributed by atoms with E-state index in [1.54, 1.807) is 42.5 Å². The third-order valence-electron chi connectivity index (χ3n) is 4.06. The molecule has 2 aromatic rings. The first-order valence-electron chi connectivity index (χ1n) is 8.21. The van der Waals surface area contributed by atoms with Crippen LogP contribution in [-0.4, -0.2) is 30.9 Å². The van der Waals surface area contributed by atoms with Crippen molar-refractivity contribution in [2.75, 3.05) is 23.4 Å². The van der Waals surface area contributed by atoms with Gasteiger partial charge in [-0.2, -0.15) is 0 Å². The summed E-state index contributed by atoms with van der Waals surface area (Å²) in [5, 5.41) is 3.42. The summed E-state index contributed by atoms with van der Waals surface area (Å²) in [6, 6.07) is 13.6. The average molecular weight is 407 g/mol. The zero-order valence-corrected chi connectivity index (χ0v) is 15.7. The predicted molar refractivity (Wildman–Crippen MR) is 103 cm³/mol. The van der Waals surface area contributed by atoms with Crippen molar-refractivity contribution in [1.29, 1.82) is 0 Å². The highest BCUT2D eigenvalue weighted by atomic mass is 35.5. The quantitative estimate of drug-likeness (QED) is 0.770. The lowest BCUT2D eigenvalue weighted by molar-refractivity contribution is -0.151. The average Bonchev–Trinajstić information content (AvgIpc) is 3.04. The number of carbonyl (C=O) groups is 3. The monoisotopic (exact) mass is 406 g/mol. The van der Waals surface area contributed by atoms with E-state index in [0.717, 1.165) is 0 Å². The first-order chi connectivity index (χ1) is 12.9. The van der Waals surface area contributed by atoms with Crippen molar-refractivity contribution in [2.45, 2.75) is 6.42 Å². The second-order valence-electron chi connectivity index (χ2n) is 6.02. The van der Waals surface area contributed by atoms with Crippen LogP contribution in [0.25, 0.3) is 0 Å². The minimum atomic E-state index is -0.669. The van der Waals surface area contributed by atoms with Crippen LogP contribution in [0.4, 0.5) is 11.4 Å². The maximum atomic E-state index is 12.3. The van der Waals surface area contributed by atoms with E-state index in [4.69, 9.17) is 27.9 Å². The number of rotatable bonds is 5. The van der Waals surface area contributed by atoms with Gasteiger partial charge in [0.15, 0.2) is 6.61 Å². The number of hydrogen-bond donors (Lipinski definition) is 1. The molecule has 0 saturated carbocycles. The van der Waals surface area contributed by atoms with E-state index in [1.807, 2.05) is 6.07 Å². The Morgan fingerprint density at radius 1 is 1.15 bits per heavy atom. The summed E-state index contributed by atoms with van der Waals surface area (Å²) in [7, 11) is 0. The number of benzene rings is 2. The lowest BCUT2D eigenvalue weighted by Crippen LogP contribution is -2.28. The molecule has 1 aliphatic rings. The van der Waals surface area contributed by atoms with Crippen LogP contribution in [0.3, 0.4) is 0 Å². The van der Waals surface area contributed by atoms with E-state index >= 15 is 0 Å². The summed E-state index contributed by atoms with van der Waals surface area (Å²) in [5.74, 6) is -1.98. The summed E-state index contributed by atoms with van der Waals surface area (Å²) in [4.78, 5) is 37.8. The van der Waals surface area contributed by atoms with E-state index in [2.05, 4.69) is 5.32 Å². The van der Waals surface area contributed by atoms with Gasteiger partial charge in [0, 0.05) is 23.7 Å². The van der Waals surface area contributed by atoms with Crippen molar-refractivity contribution in [3.8, 4) is 0 Å². The van der Waals surface area contributed by atoms with Gasteiger partial charge in [-0.15, -0.1) is 0 Å². The van der Waals surface area contributed by atoms with Crippen molar-refractivity contribution in [2.24, 2.45) is 5.92 Å². The molecule has 1 N–H and O–H groups in total. The maximum absolute atomic E-state index is 12.3. The maximum Gasteiger partial charge on any atom is 0.311 e. The molecule has 0 spiro atoms. The van der Waals surface area contributed by atoms with Gasteiger partial charge >= 0.3 is 5.97 Å². The normalized spacial score (nSPS) is 16.3. The molecular weight excluding hydrogens is 391 g/mol. The number of halogens is 2. The van der Waals surface area contributed by atoms with E-state index in [9.17, 15) is 14.4 Å². The molecule has 2 amide bonds. The third kappa shape index (κ3) is 4.78. The lowest BCUT2D eigenvalue weighted by Gasteiger charge is -2.18. The van der Waals surface area contributed by atoms with Gasteiger partial charge in [0.05, 0.1) is 16.6 Å². The molecular formula is C19H16Cl2N2O4.